The second kappa shape index (κ2) is 4.23. The van der Waals surface area contributed by atoms with Gasteiger partial charge in [-0.15, -0.1) is 0 Å². The first-order valence-corrected chi connectivity index (χ1v) is 7.63. The molecular weight excluding hydrogens is 253 g/mol. The van der Waals surface area contributed by atoms with Crippen LogP contribution >= 0.6 is 0 Å². The maximum absolute atomic E-state index is 13.8. The van der Waals surface area contributed by atoms with Crippen LogP contribution < -0.4 is 4.31 Å². The molecule has 0 bridgehead atoms. The summed E-state index contributed by atoms with van der Waals surface area (Å²) in [5.41, 5.74) is 0.979. The highest BCUT2D eigenvalue weighted by Gasteiger charge is 2.31. The first-order chi connectivity index (χ1) is 8.22. The Bertz CT molecular complexity index is 561. The van der Waals surface area contributed by atoms with Crippen LogP contribution in [-0.4, -0.2) is 20.7 Å². The molecular formula is C13H18FNO2S. The van der Waals surface area contributed by atoms with Crippen molar-refractivity contribution in [1.82, 2.24) is 0 Å². The normalized spacial score (nSPS) is 19.2. The predicted molar refractivity (Wildman–Crippen MR) is 70.8 cm³/mol. The molecule has 0 N–H and O–H groups in total. The summed E-state index contributed by atoms with van der Waals surface area (Å²) < 4.78 is 38.7. The van der Waals surface area contributed by atoms with E-state index < -0.39 is 15.8 Å². The largest absolute Gasteiger partial charge is 0.267 e. The highest BCUT2D eigenvalue weighted by Crippen LogP contribution is 2.31. The van der Waals surface area contributed by atoms with Crippen LogP contribution in [0.15, 0.2) is 18.2 Å². The van der Waals surface area contributed by atoms with E-state index in [1.165, 1.54) is 10.4 Å². The van der Waals surface area contributed by atoms with E-state index in [4.69, 9.17) is 0 Å². The molecule has 1 aliphatic rings. The highest BCUT2D eigenvalue weighted by atomic mass is 32.2. The van der Waals surface area contributed by atoms with E-state index in [-0.39, 0.29) is 16.9 Å². The van der Waals surface area contributed by atoms with Gasteiger partial charge in [-0.2, -0.15) is 0 Å². The highest BCUT2D eigenvalue weighted by molar-refractivity contribution is 7.93. The molecule has 18 heavy (non-hydrogen) atoms. The molecule has 2 rings (SSSR count). The molecule has 1 fully saturated rings. The zero-order valence-electron chi connectivity index (χ0n) is 10.9. The molecule has 1 heterocycles. The molecule has 0 amide bonds. The minimum atomic E-state index is -3.33. The zero-order valence-corrected chi connectivity index (χ0v) is 11.7. The number of anilines is 1. The summed E-state index contributed by atoms with van der Waals surface area (Å²) in [5, 5.41) is 0. The van der Waals surface area contributed by atoms with Gasteiger partial charge >= 0.3 is 0 Å². The molecule has 0 unspecified atom stereocenters. The Kier molecular flexibility index (Phi) is 3.13. The number of hydrogen-bond acceptors (Lipinski definition) is 2. The third-order valence-corrected chi connectivity index (χ3v) is 5.04. The Balaban J connectivity index is 2.51. The molecule has 100 valence electrons. The van der Waals surface area contributed by atoms with E-state index in [1.54, 1.807) is 12.1 Å². The molecule has 0 radical (unpaired) electrons. The van der Waals surface area contributed by atoms with Crippen LogP contribution in [0.3, 0.4) is 0 Å². The van der Waals surface area contributed by atoms with Gasteiger partial charge in [0.1, 0.15) is 5.82 Å². The van der Waals surface area contributed by atoms with E-state index in [9.17, 15) is 12.8 Å². The van der Waals surface area contributed by atoms with Gasteiger partial charge in [0.05, 0.1) is 11.4 Å². The summed E-state index contributed by atoms with van der Waals surface area (Å²) in [6.07, 6.45) is 0.557. The lowest BCUT2D eigenvalue weighted by Gasteiger charge is -2.23. The molecule has 1 aromatic carbocycles. The molecule has 0 aliphatic carbocycles. The topological polar surface area (TPSA) is 37.4 Å². The lowest BCUT2D eigenvalue weighted by atomic mass is 9.87. The summed E-state index contributed by atoms with van der Waals surface area (Å²) in [6, 6.07) is 4.71. The van der Waals surface area contributed by atoms with Crippen molar-refractivity contribution in [3.8, 4) is 0 Å². The van der Waals surface area contributed by atoms with Crippen molar-refractivity contribution in [3.63, 3.8) is 0 Å². The maximum atomic E-state index is 13.8. The summed E-state index contributed by atoms with van der Waals surface area (Å²) in [5.74, 6) is -0.375. The van der Waals surface area contributed by atoms with Crippen molar-refractivity contribution >= 4 is 15.7 Å². The fourth-order valence-corrected chi connectivity index (χ4v) is 3.64. The number of sulfonamides is 1. The minimum absolute atomic E-state index is 0.103. The van der Waals surface area contributed by atoms with Crippen molar-refractivity contribution < 1.29 is 12.8 Å². The van der Waals surface area contributed by atoms with Gasteiger partial charge in [-0.1, -0.05) is 26.8 Å². The fourth-order valence-electron chi connectivity index (χ4n) is 2.08. The Morgan fingerprint density at radius 3 is 2.44 bits per heavy atom. The molecule has 1 aliphatic heterocycles. The third kappa shape index (κ3) is 2.36. The van der Waals surface area contributed by atoms with Gasteiger partial charge in [0.15, 0.2) is 0 Å². The number of rotatable bonds is 1. The quantitative estimate of drug-likeness (QED) is 0.787. The third-order valence-electron chi connectivity index (χ3n) is 3.18. The molecule has 0 atom stereocenters. The van der Waals surface area contributed by atoms with Crippen LogP contribution in [0.2, 0.25) is 0 Å². The van der Waals surface area contributed by atoms with E-state index in [1.807, 2.05) is 20.8 Å². The molecule has 5 heteroatoms. The summed E-state index contributed by atoms with van der Waals surface area (Å²) in [7, 11) is -3.33. The van der Waals surface area contributed by atoms with Crippen molar-refractivity contribution in [2.24, 2.45) is 0 Å². The van der Waals surface area contributed by atoms with Crippen LogP contribution in [0, 0.1) is 5.82 Å². The predicted octanol–water partition coefficient (Wildman–Crippen LogP) is 2.66. The van der Waals surface area contributed by atoms with Crippen LogP contribution in [-0.2, 0) is 15.4 Å². The molecule has 0 saturated carbocycles. The summed E-state index contributed by atoms with van der Waals surface area (Å²) in [6.45, 7) is 6.42. The maximum Gasteiger partial charge on any atom is 0.235 e. The van der Waals surface area contributed by atoms with Crippen molar-refractivity contribution in [1.29, 1.82) is 0 Å². The Labute approximate surface area is 108 Å². The number of hydrogen-bond donors (Lipinski definition) is 0. The van der Waals surface area contributed by atoms with Crippen molar-refractivity contribution in [2.45, 2.75) is 32.6 Å². The molecule has 1 aromatic rings. The second-order valence-electron chi connectivity index (χ2n) is 5.66. The van der Waals surface area contributed by atoms with Crippen LogP contribution in [0.5, 0.6) is 0 Å². The Morgan fingerprint density at radius 1 is 1.28 bits per heavy atom. The van der Waals surface area contributed by atoms with Gasteiger partial charge in [-0.25, -0.2) is 12.8 Å². The first kappa shape index (κ1) is 13.3. The average molecular weight is 271 g/mol. The molecule has 0 spiro atoms. The van der Waals surface area contributed by atoms with Crippen LogP contribution in [0.25, 0.3) is 0 Å². The fraction of sp³-hybridized carbons (Fsp3) is 0.538. The molecule has 1 saturated heterocycles. The van der Waals surface area contributed by atoms with Gasteiger partial charge in [-0.05, 0) is 29.5 Å². The minimum Gasteiger partial charge on any atom is -0.267 e. The molecule has 3 nitrogen and oxygen atoms in total. The van der Waals surface area contributed by atoms with E-state index in [2.05, 4.69) is 0 Å². The van der Waals surface area contributed by atoms with Crippen molar-refractivity contribution in [2.75, 3.05) is 16.6 Å². The zero-order chi connectivity index (χ0) is 13.6. The second-order valence-corrected chi connectivity index (χ2v) is 7.67. The van der Waals surface area contributed by atoms with Crippen LogP contribution in [0.1, 0.15) is 32.8 Å². The van der Waals surface area contributed by atoms with Gasteiger partial charge in [0.2, 0.25) is 10.0 Å². The monoisotopic (exact) mass is 271 g/mol. The van der Waals surface area contributed by atoms with E-state index in [0.29, 0.717) is 13.0 Å². The molecule has 0 aromatic heterocycles. The van der Waals surface area contributed by atoms with E-state index in [0.717, 1.165) is 5.56 Å². The first-order valence-electron chi connectivity index (χ1n) is 6.02. The summed E-state index contributed by atoms with van der Waals surface area (Å²) in [4.78, 5) is 0. The SMILES string of the molecule is CC(C)(C)c1ccc(F)c(N2CCCS2(=O)=O)c1. The average Bonchev–Trinajstić information content (AvgIpc) is 2.57. The summed E-state index contributed by atoms with van der Waals surface area (Å²) >= 11 is 0. The number of halogens is 1. The van der Waals surface area contributed by atoms with Gasteiger partial charge < -0.3 is 0 Å². The smallest absolute Gasteiger partial charge is 0.235 e. The standard InChI is InChI=1S/C13H18FNO2S/c1-13(2,3)10-5-6-11(14)12(9-10)15-7-4-8-18(15,16)17/h5-6,9H,4,7-8H2,1-3H3. The Morgan fingerprint density at radius 2 is 1.94 bits per heavy atom. The van der Waals surface area contributed by atoms with E-state index >= 15 is 0 Å². The lowest BCUT2D eigenvalue weighted by Crippen LogP contribution is -2.26. The van der Waals surface area contributed by atoms with Gasteiger partial charge in [0.25, 0.3) is 0 Å². The van der Waals surface area contributed by atoms with Gasteiger partial charge in [0, 0.05) is 6.54 Å². The number of nitrogens with zero attached hydrogens (tertiary/aromatic N) is 1. The Hall–Kier alpha value is -1.10. The number of benzene rings is 1. The van der Waals surface area contributed by atoms with Crippen LogP contribution in [0.4, 0.5) is 10.1 Å². The lowest BCUT2D eigenvalue weighted by molar-refractivity contribution is 0.579. The van der Waals surface area contributed by atoms with Gasteiger partial charge in [-0.3, -0.25) is 4.31 Å². The van der Waals surface area contributed by atoms with Crippen molar-refractivity contribution in [3.05, 3.63) is 29.6 Å².